The third kappa shape index (κ3) is 3.09. The standard InChI is InChI=1S/C14H20N2O2/c1-2-13(17)16-11-7-5-10(6-8-11)14(18)12-4-3-9-15-12/h5-8,12,14-15,18H,2-4,9H2,1H3,(H,16,17). The van der Waals surface area contributed by atoms with Gasteiger partial charge in [-0.05, 0) is 37.1 Å². The average Bonchev–Trinajstić information content (AvgIpc) is 2.92. The molecule has 4 heteroatoms. The van der Waals surface area contributed by atoms with Crippen LogP contribution in [0.5, 0.6) is 0 Å². The molecular weight excluding hydrogens is 228 g/mol. The summed E-state index contributed by atoms with van der Waals surface area (Å²) < 4.78 is 0. The predicted molar refractivity (Wildman–Crippen MR) is 71.3 cm³/mol. The van der Waals surface area contributed by atoms with E-state index >= 15 is 0 Å². The Morgan fingerprint density at radius 2 is 2.22 bits per heavy atom. The summed E-state index contributed by atoms with van der Waals surface area (Å²) in [7, 11) is 0. The predicted octanol–water partition coefficient (Wildman–Crippen LogP) is 1.82. The molecule has 98 valence electrons. The van der Waals surface area contributed by atoms with Crippen molar-refractivity contribution >= 4 is 11.6 Å². The van der Waals surface area contributed by atoms with E-state index in [0.29, 0.717) is 6.42 Å². The van der Waals surface area contributed by atoms with Crippen LogP contribution in [-0.2, 0) is 4.79 Å². The van der Waals surface area contributed by atoms with Crippen molar-refractivity contribution in [3.63, 3.8) is 0 Å². The number of nitrogens with one attached hydrogen (secondary N) is 2. The van der Waals surface area contributed by atoms with Gasteiger partial charge in [-0.15, -0.1) is 0 Å². The van der Waals surface area contributed by atoms with Crippen LogP contribution in [0.3, 0.4) is 0 Å². The molecule has 2 atom stereocenters. The number of benzene rings is 1. The number of aliphatic hydroxyl groups is 1. The number of anilines is 1. The molecule has 1 amide bonds. The highest BCUT2D eigenvalue weighted by atomic mass is 16.3. The minimum absolute atomic E-state index is 0.000702. The Hall–Kier alpha value is -1.39. The Labute approximate surface area is 107 Å². The summed E-state index contributed by atoms with van der Waals surface area (Å²) in [6, 6.07) is 7.56. The van der Waals surface area contributed by atoms with Gasteiger partial charge in [0, 0.05) is 18.2 Å². The summed E-state index contributed by atoms with van der Waals surface area (Å²) in [4.78, 5) is 11.2. The van der Waals surface area contributed by atoms with E-state index in [2.05, 4.69) is 10.6 Å². The molecule has 0 saturated carbocycles. The number of carbonyl (C=O) groups excluding carboxylic acids is 1. The monoisotopic (exact) mass is 248 g/mol. The Morgan fingerprint density at radius 3 is 2.78 bits per heavy atom. The van der Waals surface area contributed by atoms with Crippen LogP contribution in [0.1, 0.15) is 37.9 Å². The van der Waals surface area contributed by atoms with Crippen molar-refractivity contribution in [2.24, 2.45) is 0 Å². The number of carbonyl (C=O) groups is 1. The Balaban J connectivity index is 2.00. The zero-order chi connectivity index (χ0) is 13.0. The number of hydrogen-bond donors (Lipinski definition) is 3. The molecule has 1 saturated heterocycles. The van der Waals surface area contributed by atoms with Crippen LogP contribution in [0.15, 0.2) is 24.3 Å². The molecule has 1 fully saturated rings. The van der Waals surface area contributed by atoms with Crippen LogP contribution in [0, 0.1) is 0 Å². The van der Waals surface area contributed by atoms with Crippen LogP contribution in [0.2, 0.25) is 0 Å². The van der Waals surface area contributed by atoms with Crippen molar-refractivity contribution in [3.05, 3.63) is 29.8 Å². The molecular formula is C14H20N2O2. The molecule has 0 radical (unpaired) electrons. The van der Waals surface area contributed by atoms with Crippen LogP contribution in [0.4, 0.5) is 5.69 Å². The summed E-state index contributed by atoms with van der Waals surface area (Å²) in [6.07, 6.45) is 2.13. The van der Waals surface area contributed by atoms with E-state index in [1.807, 2.05) is 31.2 Å². The van der Waals surface area contributed by atoms with Crippen molar-refractivity contribution in [3.8, 4) is 0 Å². The van der Waals surface area contributed by atoms with Gasteiger partial charge < -0.3 is 15.7 Å². The van der Waals surface area contributed by atoms with Crippen molar-refractivity contribution in [2.45, 2.75) is 38.3 Å². The lowest BCUT2D eigenvalue weighted by Crippen LogP contribution is -2.28. The summed E-state index contributed by atoms with van der Waals surface area (Å²) >= 11 is 0. The minimum atomic E-state index is -0.469. The van der Waals surface area contributed by atoms with E-state index < -0.39 is 6.10 Å². The number of rotatable bonds is 4. The summed E-state index contributed by atoms with van der Waals surface area (Å²) in [5.41, 5.74) is 1.67. The van der Waals surface area contributed by atoms with E-state index in [9.17, 15) is 9.90 Å². The van der Waals surface area contributed by atoms with Gasteiger partial charge in [0.05, 0.1) is 6.10 Å². The van der Waals surface area contributed by atoms with Crippen LogP contribution < -0.4 is 10.6 Å². The quantitative estimate of drug-likeness (QED) is 0.761. The van der Waals surface area contributed by atoms with Gasteiger partial charge in [0.2, 0.25) is 5.91 Å². The highest BCUT2D eigenvalue weighted by molar-refractivity contribution is 5.90. The molecule has 0 aliphatic carbocycles. The molecule has 2 unspecified atom stereocenters. The molecule has 2 rings (SSSR count). The first-order valence-corrected chi connectivity index (χ1v) is 6.52. The van der Waals surface area contributed by atoms with Gasteiger partial charge in [-0.25, -0.2) is 0 Å². The molecule has 4 nitrogen and oxygen atoms in total. The van der Waals surface area contributed by atoms with Crippen molar-refractivity contribution in [1.82, 2.24) is 5.32 Å². The average molecular weight is 248 g/mol. The molecule has 1 aromatic carbocycles. The molecule has 0 bridgehead atoms. The van der Waals surface area contributed by atoms with Gasteiger partial charge in [-0.3, -0.25) is 4.79 Å². The molecule has 1 aliphatic rings. The lowest BCUT2D eigenvalue weighted by Gasteiger charge is -2.18. The maximum absolute atomic E-state index is 11.2. The normalized spacial score (nSPS) is 20.7. The van der Waals surface area contributed by atoms with E-state index in [1.165, 1.54) is 0 Å². The summed E-state index contributed by atoms with van der Waals surface area (Å²) in [5.74, 6) is 0.000702. The van der Waals surface area contributed by atoms with Crippen molar-refractivity contribution < 1.29 is 9.90 Å². The maximum atomic E-state index is 11.2. The zero-order valence-corrected chi connectivity index (χ0v) is 10.6. The number of aliphatic hydroxyl groups excluding tert-OH is 1. The third-order valence-corrected chi connectivity index (χ3v) is 3.34. The van der Waals surface area contributed by atoms with E-state index in [4.69, 9.17) is 0 Å². The first-order chi connectivity index (χ1) is 8.70. The topological polar surface area (TPSA) is 61.4 Å². The molecule has 3 N–H and O–H groups in total. The van der Waals surface area contributed by atoms with Gasteiger partial charge >= 0.3 is 0 Å². The number of hydrogen-bond acceptors (Lipinski definition) is 3. The number of amides is 1. The largest absolute Gasteiger partial charge is 0.387 e. The molecule has 18 heavy (non-hydrogen) atoms. The fourth-order valence-corrected chi connectivity index (χ4v) is 2.23. The highest BCUT2D eigenvalue weighted by Gasteiger charge is 2.23. The van der Waals surface area contributed by atoms with Gasteiger partial charge in [0.15, 0.2) is 0 Å². The van der Waals surface area contributed by atoms with Gasteiger partial charge in [0.1, 0.15) is 0 Å². The van der Waals surface area contributed by atoms with Crippen LogP contribution >= 0.6 is 0 Å². The molecule has 1 heterocycles. The lowest BCUT2D eigenvalue weighted by molar-refractivity contribution is -0.115. The second-order valence-corrected chi connectivity index (χ2v) is 4.67. The molecule has 0 spiro atoms. The van der Waals surface area contributed by atoms with Gasteiger partial charge in [0.25, 0.3) is 0 Å². The Bertz CT molecular complexity index is 397. The highest BCUT2D eigenvalue weighted by Crippen LogP contribution is 2.24. The molecule has 0 aromatic heterocycles. The van der Waals surface area contributed by atoms with E-state index in [-0.39, 0.29) is 11.9 Å². The van der Waals surface area contributed by atoms with E-state index in [0.717, 1.165) is 30.6 Å². The second-order valence-electron chi connectivity index (χ2n) is 4.67. The second kappa shape index (κ2) is 5.98. The molecule has 1 aromatic rings. The van der Waals surface area contributed by atoms with Crippen molar-refractivity contribution in [2.75, 3.05) is 11.9 Å². The molecule has 1 aliphatic heterocycles. The van der Waals surface area contributed by atoms with Gasteiger partial charge in [-0.1, -0.05) is 19.1 Å². The Morgan fingerprint density at radius 1 is 1.50 bits per heavy atom. The SMILES string of the molecule is CCC(=O)Nc1ccc(C(O)C2CCCN2)cc1. The van der Waals surface area contributed by atoms with Gasteiger partial charge in [-0.2, -0.15) is 0 Å². The summed E-state index contributed by atoms with van der Waals surface area (Å²) in [5, 5.41) is 16.3. The summed E-state index contributed by atoms with van der Waals surface area (Å²) in [6.45, 7) is 2.80. The first-order valence-electron chi connectivity index (χ1n) is 6.52. The lowest BCUT2D eigenvalue weighted by atomic mass is 10.0. The van der Waals surface area contributed by atoms with E-state index in [1.54, 1.807) is 0 Å². The zero-order valence-electron chi connectivity index (χ0n) is 10.6. The third-order valence-electron chi connectivity index (χ3n) is 3.34. The Kier molecular flexibility index (Phi) is 4.33. The smallest absolute Gasteiger partial charge is 0.224 e. The maximum Gasteiger partial charge on any atom is 0.224 e. The first kappa shape index (κ1) is 13.1. The van der Waals surface area contributed by atoms with Crippen LogP contribution in [-0.4, -0.2) is 23.6 Å². The fourth-order valence-electron chi connectivity index (χ4n) is 2.23. The van der Waals surface area contributed by atoms with Crippen LogP contribution in [0.25, 0.3) is 0 Å². The minimum Gasteiger partial charge on any atom is -0.387 e. The fraction of sp³-hybridized carbons (Fsp3) is 0.500. The van der Waals surface area contributed by atoms with Crippen molar-refractivity contribution in [1.29, 1.82) is 0 Å².